The van der Waals surface area contributed by atoms with Crippen LogP contribution < -0.4 is 10.6 Å². The van der Waals surface area contributed by atoms with E-state index in [2.05, 4.69) is 15.5 Å². The summed E-state index contributed by atoms with van der Waals surface area (Å²) in [5, 5.41) is 14.5. The van der Waals surface area contributed by atoms with Crippen LogP contribution in [0.5, 0.6) is 0 Å². The summed E-state index contributed by atoms with van der Waals surface area (Å²) in [4.78, 5) is 25.1. The molecular formula is C14H27N3O4. The smallest absolute Gasteiger partial charge is 0.314 e. The van der Waals surface area contributed by atoms with Crippen molar-refractivity contribution in [2.45, 2.75) is 26.7 Å². The molecule has 1 aliphatic rings. The second kappa shape index (κ2) is 8.84. The molecule has 0 aromatic carbocycles. The van der Waals surface area contributed by atoms with Gasteiger partial charge in [0, 0.05) is 26.2 Å². The van der Waals surface area contributed by atoms with Gasteiger partial charge in [-0.15, -0.1) is 0 Å². The highest BCUT2D eigenvalue weighted by atomic mass is 16.5. The first-order valence-electron chi connectivity index (χ1n) is 7.53. The van der Waals surface area contributed by atoms with Crippen LogP contribution in [0.4, 0.5) is 4.79 Å². The number of hydrogen-bond donors (Lipinski definition) is 3. The summed E-state index contributed by atoms with van der Waals surface area (Å²) in [7, 11) is 0. The number of nitrogens with one attached hydrogen (secondary N) is 2. The summed E-state index contributed by atoms with van der Waals surface area (Å²) in [5.74, 6) is -0.891. The zero-order valence-electron chi connectivity index (χ0n) is 13.0. The second-order valence-corrected chi connectivity index (χ2v) is 5.64. The maximum absolute atomic E-state index is 11.6. The van der Waals surface area contributed by atoms with E-state index in [1.807, 2.05) is 0 Å². The Morgan fingerprint density at radius 3 is 2.52 bits per heavy atom. The van der Waals surface area contributed by atoms with Crippen LogP contribution in [0.1, 0.15) is 26.7 Å². The molecule has 1 fully saturated rings. The molecule has 1 unspecified atom stereocenters. The highest BCUT2D eigenvalue weighted by Gasteiger charge is 2.31. The topological polar surface area (TPSA) is 90.9 Å². The van der Waals surface area contributed by atoms with Crippen LogP contribution >= 0.6 is 0 Å². The number of ether oxygens (including phenoxy) is 1. The quantitative estimate of drug-likeness (QED) is 0.568. The summed E-state index contributed by atoms with van der Waals surface area (Å²) in [5.41, 5.74) is -0.912. The SMILES string of the molecule is CCC(C)(CNC(=O)NCCCN1CCOCC1)C(=O)O. The molecule has 0 aromatic rings. The van der Waals surface area contributed by atoms with Gasteiger partial charge in [0.2, 0.25) is 0 Å². The zero-order chi connectivity index (χ0) is 15.7. The fourth-order valence-electron chi connectivity index (χ4n) is 2.02. The van der Waals surface area contributed by atoms with Gasteiger partial charge in [-0.2, -0.15) is 0 Å². The van der Waals surface area contributed by atoms with E-state index in [-0.39, 0.29) is 12.6 Å². The molecule has 1 saturated heterocycles. The number of urea groups is 1. The summed E-state index contributed by atoms with van der Waals surface area (Å²) in [6, 6.07) is -0.307. The van der Waals surface area contributed by atoms with Crippen molar-refractivity contribution in [1.82, 2.24) is 15.5 Å². The van der Waals surface area contributed by atoms with Gasteiger partial charge < -0.3 is 20.5 Å². The number of aliphatic carboxylic acids is 1. The summed E-state index contributed by atoms with van der Waals surface area (Å²) >= 11 is 0. The number of rotatable bonds is 8. The molecule has 0 bridgehead atoms. The minimum absolute atomic E-state index is 0.133. The number of carboxylic acid groups (broad SMARTS) is 1. The molecule has 0 saturated carbocycles. The van der Waals surface area contributed by atoms with Crippen LogP contribution in [0.15, 0.2) is 0 Å². The fourth-order valence-corrected chi connectivity index (χ4v) is 2.02. The van der Waals surface area contributed by atoms with E-state index >= 15 is 0 Å². The van der Waals surface area contributed by atoms with Crippen molar-refractivity contribution in [3.8, 4) is 0 Å². The monoisotopic (exact) mass is 301 g/mol. The molecule has 1 aliphatic heterocycles. The third kappa shape index (κ3) is 6.31. The Kier molecular flexibility index (Phi) is 7.45. The summed E-state index contributed by atoms with van der Waals surface area (Å²) in [6.07, 6.45) is 1.34. The van der Waals surface area contributed by atoms with Crippen LogP contribution in [0.2, 0.25) is 0 Å². The Hall–Kier alpha value is -1.34. The van der Waals surface area contributed by atoms with Crippen molar-refractivity contribution in [1.29, 1.82) is 0 Å². The Balaban J connectivity index is 2.12. The normalized spacial score (nSPS) is 18.8. The van der Waals surface area contributed by atoms with Crippen molar-refractivity contribution < 1.29 is 19.4 Å². The van der Waals surface area contributed by atoms with Crippen LogP contribution in [-0.4, -0.2) is 67.9 Å². The number of carbonyl (C=O) groups is 2. The molecule has 1 atom stereocenters. The highest BCUT2D eigenvalue weighted by molar-refractivity contribution is 5.77. The third-order valence-corrected chi connectivity index (χ3v) is 3.98. The van der Waals surface area contributed by atoms with Crippen molar-refractivity contribution in [3.05, 3.63) is 0 Å². The molecule has 7 heteroatoms. The molecule has 0 aromatic heterocycles. The maximum Gasteiger partial charge on any atom is 0.314 e. The highest BCUT2D eigenvalue weighted by Crippen LogP contribution is 2.19. The van der Waals surface area contributed by atoms with Gasteiger partial charge in [0.25, 0.3) is 0 Å². The lowest BCUT2D eigenvalue weighted by Crippen LogP contribution is -2.45. The lowest BCUT2D eigenvalue weighted by atomic mass is 9.88. The fraction of sp³-hybridized carbons (Fsp3) is 0.857. The van der Waals surface area contributed by atoms with Crippen LogP contribution in [-0.2, 0) is 9.53 Å². The largest absolute Gasteiger partial charge is 0.481 e. The molecular weight excluding hydrogens is 274 g/mol. The number of hydrogen-bond acceptors (Lipinski definition) is 4. The van der Waals surface area contributed by atoms with Gasteiger partial charge in [0.15, 0.2) is 0 Å². The lowest BCUT2D eigenvalue weighted by Gasteiger charge is -2.26. The molecule has 2 amide bonds. The number of carbonyl (C=O) groups excluding carboxylic acids is 1. The Morgan fingerprint density at radius 2 is 1.95 bits per heavy atom. The van der Waals surface area contributed by atoms with Gasteiger partial charge in [-0.05, 0) is 26.3 Å². The first kappa shape index (κ1) is 17.7. The Bertz CT molecular complexity index is 345. The Morgan fingerprint density at radius 1 is 1.29 bits per heavy atom. The van der Waals surface area contributed by atoms with E-state index in [1.165, 1.54) is 0 Å². The van der Waals surface area contributed by atoms with Crippen molar-refractivity contribution in [3.63, 3.8) is 0 Å². The number of carboxylic acids is 1. The number of amides is 2. The first-order chi connectivity index (χ1) is 9.98. The van der Waals surface area contributed by atoms with Crippen LogP contribution in [0.25, 0.3) is 0 Å². The van der Waals surface area contributed by atoms with Gasteiger partial charge >= 0.3 is 12.0 Å². The number of nitrogens with zero attached hydrogens (tertiary/aromatic N) is 1. The van der Waals surface area contributed by atoms with Gasteiger partial charge in [-0.1, -0.05) is 6.92 Å². The molecule has 1 rings (SSSR count). The summed E-state index contributed by atoms with van der Waals surface area (Å²) < 4.78 is 5.27. The number of morpholine rings is 1. The van der Waals surface area contributed by atoms with E-state index in [1.54, 1.807) is 13.8 Å². The molecule has 0 spiro atoms. The van der Waals surface area contributed by atoms with E-state index in [0.717, 1.165) is 39.3 Å². The van der Waals surface area contributed by atoms with Gasteiger partial charge in [0.1, 0.15) is 0 Å². The molecule has 0 aliphatic carbocycles. The van der Waals surface area contributed by atoms with Gasteiger partial charge in [0.05, 0.1) is 18.6 Å². The predicted molar refractivity (Wildman–Crippen MR) is 79.3 cm³/mol. The predicted octanol–water partition coefficient (Wildman–Crippen LogP) is 0.509. The van der Waals surface area contributed by atoms with E-state index in [4.69, 9.17) is 9.84 Å². The van der Waals surface area contributed by atoms with Crippen molar-refractivity contribution in [2.24, 2.45) is 5.41 Å². The molecule has 7 nitrogen and oxygen atoms in total. The third-order valence-electron chi connectivity index (χ3n) is 3.98. The second-order valence-electron chi connectivity index (χ2n) is 5.64. The van der Waals surface area contributed by atoms with E-state index in [0.29, 0.717) is 13.0 Å². The van der Waals surface area contributed by atoms with Crippen LogP contribution in [0.3, 0.4) is 0 Å². The summed E-state index contributed by atoms with van der Waals surface area (Å²) in [6.45, 7) is 8.53. The van der Waals surface area contributed by atoms with Crippen molar-refractivity contribution >= 4 is 12.0 Å². The lowest BCUT2D eigenvalue weighted by molar-refractivity contribution is -0.147. The minimum Gasteiger partial charge on any atom is -0.481 e. The van der Waals surface area contributed by atoms with Gasteiger partial charge in [-0.25, -0.2) is 4.79 Å². The van der Waals surface area contributed by atoms with Crippen molar-refractivity contribution in [2.75, 3.05) is 45.9 Å². The first-order valence-corrected chi connectivity index (χ1v) is 7.53. The standard InChI is InChI=1S/C14H27N3O4/c1-3-14(2,12(18)19)11-16-13(20)15-5-4-6-17-7-9-21-10-8-17/h3-11H2,1-2H3,(H,18,19)(H2,15,16,20). The van der Waals surface area contributed by atoms with E-state index in [9.17, 15) is 9.59 Å². The average Bonchev–Trinajstić information content (AvgIpc) is 2.50. The van der Waals surface area contributed by atoms with Gasteiger partial charge in [-0.3, -0.25) is 9.69 Å². The molecule has 3 N–H and O–H groups in total. The maximum atomic E-state index is 11.6. The molecule has 0 radical (unpaired) electrons. The molecule has 122 valence electrons. The molecule has 1 heterocycles. The zero-order valence-corrected chi connectivity index (χ0v) is 13.0. The molecule has 21 heavy (non-hydrogen) atoms. The van der Waals surface area contributed by atoms with E-state index < -0.39 is 11.4 Å². The minimum atomic E-state index is -0.912. The average molecular weight is 301 g/mol. The Labute approximate surface area is 126 Å². The van der Waals surface area contributed by atoms with Crippen LogP contribution in [0, 0.1) is 5.41 Å².